The number of carbonyl (C=O) groups excluding carboxylic acids is 1. The first-order valence-corrected chi connectivity index (χ1v) is 11.0. The van der Waals surface area contributed by atoms with E-state index in [0.717, 1.165) is 0 Å². The van der Waals surface area contributed by atoms with Crippen molar-refractivity contribution in [3.05, 3.63) is 12.7 Å². The van der Waals surface area contributed by atoms with Crippen LogP contribution < -0.4 is 10.8 Å². The topological polar surface area (TPSA) is 215 Å². The predicted octanol–water partition coefficient (Wildman–Crippen LogP) is -1.33. The Labute approximate surface area is 176 Å². The second-order valence-corrected chi connectivity index (χ2v) is 9.03. The zero-order valence-corrected chi connectivity index (χ0v) is 17.7. The number of aromatic nitrogens is 4. The van der Waals surface area contributed by atoms with Gasteiger partial charge in [0, 0.05) is 6.42 Å². The largest absolute Gasteiger partial charge is 0.432 e. The fourth-order valence-corrected chi connectivity index (χ4v) is 3.93. The number of fused-ring (bicyclic) bond motifs is 1. The quantitative estimate of drug-likeness (QED) is 0.253. The third-order valence-corrected chi connectivity index (χ3v) is 5.79. The minimum Gasteiger partial charge on any atom is -0.390 e. The van der Waals surface area contributed by atoms with Crippen LogP contribution in [0.15, 0.2) is 12.7 Å². The summed E-state index contributed by atoms with van der Waals surface area (Å²) >= 11 is 0. The molecular formula is C16H25N6O8P. The highest BCUT2D eigenvalue weighted by Crippen LogP contribution is 2.39. The molecule has 1 fully saturated rings. The summed E-state index contributed by atoms with van der Waals surface area (Å²) in [6, 6.07) is 0. The molecule has 6 atom stereocenters. The Bertz CT molecular complexity index is 986. The number of hydrogen-bond donors (Lipinski definition) is 6. The highest BCUT2D eigenvalue weighted by molar-refractivity contribution is 7.51. The van der Waals surface area contributed by atoms with Crippen LogP contribution in [-0.2, 0) is 18.6 Å². The highest BCUT2D eigenvalue weighted by atomic mass is 31.2. The van der Waals surface area contributed by atoms with Crippen molar-refractivity contribution >= 4 is 30.6 Å². The monoisotopic (exact) mass is 460 g/mol. The summed E-state index contributed by atoms with van der Waals surface area (Å²) in [6.07, 6.45) is -3.33. The molecule has 2 aromatic heterocycles. The molecule has 3 rings (SSSR count). The van der Waals surface area contributed by atoms with Gasteiger partial charge < -0.3 is 30.7 Å². The lowest BCUT2D eigenvalue weighted by Gasteiger charge is -2.22. The molecule has 0 aliphatic carbocycles. The first kappa shape index (κ1) is 23.5. The van der Waals surface area contributed by atoms with Crippen LogP contribution in [0.1, 0.15) is 26.5 Å². The molecule has 0 saturated carbocycles. The summed E-state index contributed by atoms with van der Waals surface area (Å²) in [5, 5.41) is 31.5. The Morgan fingerprint density at radius 2 is 2.13 bits per heavy atom. The maximum absolute atomic E-state index is 12.1. The lowest BCUT2D eigenvalue weighted by molar-refractivity contribution is -0.135. The number of aliphatic hydroxyl groups excluding tert-OH is 3. The van der Waals surface area contributed by atoms with Crippen molar-refractivity contribution in [2.75, 3.05) is 12.3 Å². The van der Waals surface area contributed by atoms with E-state index in [2.05, 4.69) is 15.0 Å². The van der Waals surface area contributed by atoms with Crippen LogP contribution in [0.4, 0.5) is 5.82 Å². The molecule has 7 N–H and O–H groups in total. The van der Waals surface area contributed by atoms with Crippen LogP contribution in [0.5, 0.6) is 0 Å². The normalized spacial score (nSPS) is 25.5. The van der Waals surface area contributed by atoms with Gasteiger partial charge in [-0.1, -0.05) is 13.8 Å². The fourth-order valence-electron chi connectivity index (χ4n) is 3.09. The minimum atomic E-state index is -4.66. The van der Waals surface area contributed by atoms with Crippen molar-refractivity contribution in [3.8, 4) is 0 Å². The number of nitrogens with two attached hydrogens (primary N) is 1. The van der Waals surface area contributed by atoms with Gasteiger partial charge in [-0.3, -0.25) is 19.0 Å². The number of imidazole rings is 1. The Balaban J connectivity index is 1.59. The van der Waals surface area contributed by atoms with E-state index in [4.69, 9.17) is 15.0 Å². The van der Waals surface area contributed by atoms with Gasteiger partial charge in [0.05, 0.1) is 25.1 Å². The third kappa shape index (κ3) is 5.18. The van der Waals surface area contributed by atoms with E-state index in [0.29, 0.717) is 11.2 Å². The van der Waals surface area contributed by atoms with Gasteiger partial charge in [-0.15, -0.1) is 0 Å². The SMILES string of the molecule is CC(C)[C@@H](O)[C@H](O)C(=O)NP(=O)(O)OC[C@@H]1C[C@H](O)[C@H](n2cnc3c(N)ncnc32)O1. The number of amides is 1. The lowest BCUT2D eigenvalue weighted by Crippen LogP contribution is -2.43. The Hall–Kier alpha value is -2.19. The molecule has 14 nitrogen and oxygen atoms in total. The fraction of sp³-hybridized carbons (Fsp3) is 0.625. The highest BCUT2D eigenvalue weighted by Gasteiger charge is 2.38. The van der Waals surface area contributed by atoms with E-state index in [9.17, 15) is 29.6 Å². The van der Waals surface area contributed by atoms with E-state index in [1.165, 1.54) is 17.2 Å². The number of nitrogens with one attached hydrogen (secondary N) is 1. The van der Waals surface area contributed by atoms with Gasteiger partial charge in [0.1, 0.15) is 17.9 Å². The van der Waals surface area contributed by atoms with Crippen molar-refractivity contribution in [1.29, 1.82) is 0 Å². The van der Waals surface area contributed by atoms with Gasteiger partial charge in [-0.2, -0.15) is 0 Å². The van der Waals surface area contributed by atoms with Crippen molar-refractivity contribution in [1.82, 2.24) is 24.6 Å². The second kappa shape index (κ2) is 9.12. The molecule has 1 saturated heterocycles. The minimum absolute atomic E-state index is 0.0630. The Morgan fingerprint density at radius 1 is 1.42 bits per heavy atom. The lowest BCUT2D eigenvalue weighted by atomic mass is 10.0. The second-order valence-electron chi connectivity index (χ2n) is 7.51. The molecule has 31 heavy (non-hydrogen) atoms. The van der Waals surface area contributed by atoms with Gasteiger partial charge in [-0.05, 0) is 5.92 Å². The summed E-state index contributed by atoms with van der Waals surface area (Å²) in [5.74, 6) is -1.54. The van der Waals surface area contributed by atoms with Crippen molar-refractivity contribution < 1.29 is 38.8 Å². The summed E-state index contributed by atoms with van der Waals surface area (Å²) in [5.41, 5.74) is 6.42. The third-order valence-electron chi connectivity index (χ3n) is 4.79. The van der Waals surface area contributed by atoms with Gasteiger partial charge in [0.15, 0.2) is 23.8 Å². The van der Waals surface area contributed by atoms with Crippen molar-refractivity contribution in [3.63, 3.8) is 0 Å². The molecule has 1 aliphatic heterocycles. The molecule has 172 valence electrons. The molecule has 2 aromatic rings. The number of ether oxygens (including phenoxy) is 1. The summed E-state index contributed by atoms with van der Waals surface area (Å²) in [7, 11) is -4.66. The van der Waals surface area contributed by atoms with E-state index in [1.807, 2.05) is 0 Å². The molecule has 0 radical (unpaired) electrons. The van der Waals surface area contributed by atoms with Crippen LogP contribution in [0, 0.1) is 5.92 Å². The maximum Gasteiger partial charge on any atom is 0.432 e. The maximum atomic E-state index is 12.1. The molecule has 1 aliphatic rings. The van der Waals surface area contributed by atoms with Crippen LogP contribution >= 0.6 is 7.75 Å². The molecule has 1 unspecified atom stereocenters. The number of carbonyl (C=O) groups is 1. The zero-order valence-electron chi connectivity index (χ0n) is 16.8. The summed E-state index contributed by atoms with van der Waals surface area (Å²) in [4.78, 5) is 33.7. The number of anilines is 1. The molecule has 15 heteroatoms. The number of hydrogen-bond acceptors (Lipinski definition) is 11. The number of rotatable bonds is 8. The van der Waals surface area contributed by atoms with Crippen LogP contribution in [-0.4, -0.2) is 76.7 Å². The van der Waals surface area contributed by atoms with Crippen LogP contribution in [0.25, 0.3) is 11.2 Å². The Kier molecular flexibility index (Phi) is 6.91. The van der Waals surface area contributed by atoms with Gasteiger partial charge in [0.2, 0.25) is 0 Å². The number of aliphatic hydroxyl groups is 3. The van der Waals surface area contributed by atoms with Crippen LogP contribution in [0.3, 0.4) is 0 Å². The van der Waals surface area contributed by atoms with Gasteiger partial charge >= 0.3 is 7.75 Å². The average Bonchev–Trinajstić information content (AvgIpc) is 3.28. The molecular weight excluding hydrogens is 435 g/mol. The Morgan fingerprint density at radius 3 is 2.81 bits per heavy atom. The first-order chi connectivity index (χ1) is 14.5. The molecule has 0 aromatic carbocycles. The van der Waals surface area contributed by atoms with E-state index >= 15 is 0 Å². The smallest absolute Gasteiger partial charge is 0.390 e. The van der Waals surface area contributed by atoms with Crippen molar-refractivity contribution in [2.45, 2.75) is 50.9 Å². The predicted molar refractivity (Wildman–Crippen MR) is 105 cm³/mol. The van der Waals surface area contributed by atoms with Gasteiger partial charge in [-0.25, -0.2) is 19.5 Å². The molecule has 1 amide bonds. The van der Waals surface area contributed by atoms with Gasteiger partial charge in [0.25, 0.3) is 5.91 Å². The van der Waals surface area contributed by atoms with E-state index in [1.54, 1.807) is 18.9 Å². The molecule has 0 spiro atoms. The summed E-state index contributed by atoms with van der Waals surface area (Å²) in [6.45, 7) is 2.70. The van der Waals surface area contributed by atoms with E-state index in [-0.39, 0.29) is 12.2 Å². The van der Waals surface area contributed by atoms with Crippen molar-refractivity contribution in [2.24, 2.45) is 5.92 Å². The standard InChI is InChI=1S/C16H25N6O8P/c1-7(2)11(24)12(25)15(26)21-31(27,28)29-4-8-3-9(23)16(30-8)22-6-20-10-13(17)18-5-19-14(10)22/h5-9,11-12,16,23-25H,3-4H2,1-2H3,(H2,17,18,19)(H2,21,26,27,28)/t8-,9-,11+,12-,16+/m0/s1. The van der Waals surface area contributed by atoms with Crippen LogP contribution in [0.2, 0.25) is 0 Å². The average molecular weight is 460 g/mol. The molecule has 3 heterocycles. The van der Waals surface area contributed by atoms with E-state index < -0.39 is 56.8 Å². The summed E-state index contributed by atoms with van der Waals surface area (Å²) < 4.78 is 24.2. The zero-order chi connectivity index (χ0) is 22.9. The number of nitrogens with zero attached hydrogens (tertiary/aromatic N) is 4. The molecule has 0 bridgehead atoms. The number of nitrogen functional groups attached to an aromatic ring is 1. The first-order valence-electron chi connectivity index (χ1n) is 9.42.